The van der Waals surface area contributed by atoms with E-state index in [9.17, 15) is 0 Å². The Labute approximate surface area is 87.0 Å². The lowest BCUT2D eigenvalue weighted by Crippen LogP contribution is -2.41. The maximum absolute atomic E-state index is 5.33. The van der Waals surface area contributed by atoms with Crippen LogP contribution in [0.25, 0.3) is 0 Å². The topological polar surface area (TPSA) is 15.7 Å². The van der Waals surface area contributed by atoms with E-state index in [4.69, 9.17) is 4.74 Å². The van der Waals surface area contributed by atoms with Crippen LogP contribution in [0.3, 0.4) is 0 Å². The normalized spacial score (nSPS) is 31.1. The zero-order chi connectivity index (χ0) is 9.80. The summed E-state index contributed by atoms with van der Waals surface area (Å²) in [6.45, 7) is 11.6. The first kappa shape index (κ1) is 10.4. The minimum atomic E-state index is 0.916. The predicted octanol–water partition coefficient (Wildman–Crippen LogP) is 0.660. The Kier molecular flexibility index (Phi) is 3.79. The second-order valence-electron chi connectivity index (χ2n) is 4.65. The van der Waals surface area contributed by atoms with Crippen LogP contribution in [0.15, 0.2) is 0 Å². The summed E-state index contributed by atoms with van der Waals surface area (Å²) in [5.41, 5.74) is 0. The number of ether oxygens (including phenoxy) is 1. The lowest BCUT2D eigenvalue weighted by Gasteiger charge is -2.28. The van der Waals surface area contributed by atoms with Gasteiger partial charge in [-0.2, -0.15) is 0 Å². The van der Waals surface area contributed by atoms with E-state index >= 15 is 0 Å². The zero-order valence-corrected chi connectivity index (χ0v) is 9.24. The van der Waals surface area contributed by atoms with Gasteiger partial charge in [0.1, 0.15) is 0 Å². The Morgan fingerprint density at radius 2 is 1.79 bits per heavy atom. The fraction of sp³-hybridized carbons (Fsp3) is 1.00. The third-order valence-corrected chi connectivity index (χ3v) is 3.34. The van der Waals surface area contributed by atoms with Crippen LogP contribution in [-0.2, 0) is 4.74 Å². The maximum atomic E-state index is 5.33. The molecular formula is C11H22N2O. The lowest BCUT2D eigenvalue weighted by atomic mass is 10.2. The molecule has 2 heterocycles. The van der Waals surface area contributed by atoms with Gasteiger partial charge in [0.15, 0.2) is 0 Å². The monoisotopic (exact) mass is 198 g/mol. The van der Waals surface area contributed by atoms with Crippen molar-refractivity contribution in [3.05, 3.63) is 0 Å². The molecule has 0 aromatic rings. The van der Waals surface area contributed by atoms with Gasteiger partial charge in [-0.3, -0.25) is 4.90 Å². The molecule has 1 unspecified atom stereocenters. The van der Waals surface area contributed by atoms with Crippen molar-refractivity contribution in [1.29, 1.82) is 0 Å². The van der Waals surface area contributed by atoms with E-state index in [1.807, 2.05) is 0 Å². The van der Waals surface area contributed by atoms with Crippen molar-refractivity contribution < 1.29 is 4.74 Å². The SMILES string of the molecule is CC1CCN(CCN2CCOCC2)C1. The fourth-order valence-corrected chi connectivity index (χ4v) is 2.34. The quantitative estimate of drug-likeness (QED) is 0.662. The molecule has 0 amide bonds. The van der Waals surface area contributed by atoms with Crippen LogP contribution < -0.4 is 0 Å². The van der Waals surface area contributed by atoms with Gasteiger partial charge >= 0.3 is 0 Å². The van der Waals surface area contributed by atoms with Crippen LogP contribution in [0.5, 0.6) is 0 Å². The van der Waals surface area contributed by atoms with Crippen LogP contribution in [0.4, 0.5) is 0 Å². The smallest absolute Gasteiger partial charge is 0.0594 e. The molecule has 0 aromatic carbocycles. The molecule has 0 radical (unpaired) electrons. The molecule has 3 nitrogen and oxygen atoms in total. The summed E-state index contributed by atoms with van der Waals surface area (Å²) in [4.78, 5) is 5.12. The number of morpholine rings is 1. The molecular weight excluding hydrogens is 176 g/mol. The van der Waals surface area contributed by atoms with Gasteiger partial charge in [-0.1, -0.05) is 6.92 Å². The maximum Gasteiger partial charge on any atom is 0.0594 e. The molecule has 0 aromatic heterocycles. The first-order valence-electron chi connectivity index (χ1n) is 5.87. The van der Waals surface area contributed by atoms with E-state index in [1.54, 1.807) is 0 Å². The van der Waals surface area contributed by atoms with Crippen molar-refractivity contribution in [2.75, 3.05) is 52.5 Å². The largest absolute Gasteiger partial charge is 0.379 e. The highest BCUT2D eigenvalue weighted by molar-refractivity contribution is 4.73. The Hall–Kier alpha value is -0.120. The molecule has 0 bridgehead atoms. The van der Waals surface area contributed by atoms with Crippen LogP contribution in [0.2, 0.25) is 0 Å². The average Bonchev–Trinajstić information content (AvgIpc) is 2.63. The first-order chi connectivity index (χ1) is 6.84. The highest BCUT2D eigenvalue weighted by Gasteiger charge is 2.19. The van der Waals surface area contributed by atoms with Crippen molar-refractivity contribution in [3.63, 3.8) is 0 Å². The zero-order valence-electron chi connectivity index (χ0n) is 9.24. The van der Waals surface area contributed by atoms with Gasteiger partial charge in [-0.05, 0) is 18.9 Å². The summed E-state index contributed by atoms with van der Waals surface area (Å²) >= 11 is 0. The molecule has 0 spiro atoms. The summed E-state index contributed by atoms with van der Waals surface area (Å²) in [7, 11) is 0. The van der Waals surface area contributed by atoms with Crippen LogP contribution in [-0.4, -0.2) is 62.3 Å². The summed E-state index contributed by atoms with van der Waals surface area (Å²) in [6.07, 6.45) is 1.39. The molecule has 1 atom stereocenters. The Balaban J connectivity index is 1.61. The molecule has 2 aliphatic rings. The van der Waals surface area contributed by atoms with Crippen molar-refractivity contribution in [3.8, 4) is 0 Å². The summed E-state index contributed by atoms with van der Waals surface area (Å²) < 4.78 is 5.33. The molecule has 0 saturated carbocycles. The highest BCUT2D eigenvalue weighted by Crippen LogP contribution is 2.14. The lowest BCUT2D eigenvalue weighted by molar-refractivity contribution is 0.0343. The van der Waals surface area contributed by atoms with Crippen LogP contribution >= 0.6 is 0 Å². The van der Waals surface area contributed by atoms with E-state index in [0.29, 0.717) is 0 Å². The molecule has 14 heavy (non-hydrogen) atoms. The molecule has 82 valence electrons. The number of likely N-dealkylation sites (tertiary alicyclic amines) is 1. The molecule has 0 N–H and O–H groups in total. The molecule has 0 aliphatic carbocycles. The third kappa shape index (κ3) is 2.94. The standard InChI is InChI=1S/C11H22N2O/c1-11-2-3-13(10-11)5-4-12-6-8-14-9-7-12/h11H,2-10H2,1H3. The van der Waals surface area contributed by atoms with Crippen LogP contribution in [0, 0.1) is 5.92 Å². The van der Waals surface area contributed by atoms with Crippen LogP contribution in [0.1, 0.15) is 13.3 Å². The van der Waals surface area contributed by atoms with Gasteiger partial charge in [0.05, 0.1) is 13.2 Å². The number of nitrogens with zero attached hydrogens (tertiary/aromatic N) is 2. The van der Waals surface area contributed by atoms with E-state index in [1.165, 1.54) is 32.6 Å². The number of hydrogen-bond donors (Lipinski definition) is 0. The van der Waals surface area contributed by atoms with Crippen molar-refractivity contribution in [2.24, 2.45) is 5.92 Å². The average molecular weight is 198 g/mol. The molecule has 3 heteroatoms. The van der Waals surface area contributed by atoms with Gasteiger partial charge < -0.3 is 9.64 Å². The van der Waals surface area contributed by atoms with Gasteiger partial charge in [0.25, 0.3) is 0 Å². The van der Waals surface area contributed by atoms with Gasteiger partial charge in [0, 0.05) is 32.7 Å². The Morgan fingerprint density at radius 1 is 1.07 bits per heavy atom. The fourth-order valence-electron chi connectivity index (χ4n) is 2.34. The number of rotatable bonds is 3. The van der Waals surface area contributed by atoms with Gasteiger partial charge in [-0.15, -0.1) is 0 Å². The molecule has 2 aliphatic heterocycles. The Morgan fingerprint density at radius 3 is 2.43 bits per heavy atom. The molecule has 2 fully saturated rings. The first-order valence-corrected chi connectivity index (χ1v) is 5.87. The minimum absolute atomic E-state index is 0.916. The van der Waals surface area contributed by atoms with Crippen molar-refractivity contribution in [1.82, 2.24) is 9.80 Å². The summed E-state index contributed by atoms with van der Waals surface area (Å²) in [6, 6.07) is 0. The van der Waals surface area contributed by atoms with Gasteiger partial charge in [0.2, 0.25) is 0 Å². The van der Waals surface area contributed by atoms with E-state index in [-0.39, 0.29) is 0 Å². The predicted molar refractivity (Wildman–Crippen MR) is 57.5 cm³/mol. The number of hydrogen-bond acceptors (Lipinski definition) is 3. The third-order valence-electron chi connectivity index (χ3n) is 3.34. The molecule has 2 rings (SSSR count). The van der Waals surface area contributed by atoms with E-state index in [0.717, 1.165) is 32.2 Å². The molecule has 2 saturated heterocycles. The van der Waals surface area contributed by atoms with E-state index in [2.05, 4.69) is 16.7 Å². The van der Waals surface area contributed by atoms with Gasteiger partial charge in [-0.25, -0.2) is 0 Å². The second kappa shape index (κ2) is 5.10. The van der Waals surface area contributed by atoms with Crippen molar-refractivity contribution >= 4 is 0 Å². The van der Waals surface area contributed by atoms with E-state index < -0.39 is 0 Å². The minimum Gasteiger partial charge on any atom is -0.379 e. The second-order valence-corrected chi connectivity index (χ2v) is 4.65. The van der Waals surface area contributed by atoms with Crippen molar-refractivity contribution in [2.45, 2.75) is 13.3 Å². The summed E-state index contributed by atoms with van der Waals surface area (Å²) in [5.74, 6) is 0.916. The highest BCUT2D eigenvalue weighted by atomic mass is 16.5. The Bertz CT molecular complexity index is 164. The summed E-state index contributed by atoms with van der Waals surface area (Å²) in [5, 5.41) is 0.